The number of carbonyl (C=O) groups excluding carboxylic acids is 2. The van der Waals surface area contributed by atoms with Gasteiger partial charge in [0.2, 0.25) is 0 Å². The second-order valence-electron chi connectivity index (χ2n) is 25.4. The molecule has 0 radical (unpaired) electrons. The van der Waals surface area contributed by atoms with Gasteiger partial charge in [-0.15, -0.1) is 34.0 Å². The predicted molar refractivity (Wildman–Crippen MR) is 363 cm³/mol. The molecule has 2 aliphatic rings. The minimum absolute atomic E-state index is 0.0545. The number of thiophene rings is 2. The van der Waals surface area contributed by atoms with Gasteiger partial charge < -0.3 is 14.7 Å². The fourth-order valence-corrected chi connectivity index (χ4v) is 17.0. The topological polar surface area (TPSA) is 148 Å². The van der Waals surface area contributed by atoms with Crippen LogP contribution < -0.4 is 0 Å². The van der Waals surface area contributed by atoms with Crippen LogP contribution in [0.3, 0.4) is 0 Å². The number of rotatable bonds is 19. The van der Waals surface area contributed by atoms with Crippen molar-refractivity contribution >= 4 is 88.7 Å². The first-order valence-corrected chi connectivity index (χ1v) is 33.8. The molecule has 0 fully saturated rings. The summed E-state index contributed by atoms with van der Waals surface area (Å²) in [5.41, 5.74) is 18.9. The summed E-state index contributed by atoms with van der Waals surface area (Å²) < 4.78 is 8.31. The fourth-order valence-electron chi connectivity index (χ4n) is 12.9. The third-order valence-electron chi connectivity index (χ3n) is 17.7. The molecule has 0 bridgehead atoms. The number of carboxylic acid groups (broad SMARTS) is 2. The van der Waals surface area contributed by atoms with Gasteiger partial charge in [-0.25, -0.2) is 4.98 Å². The number of ketones is 2. The summed E-state index contributed by atoms with van der Waals surface area (Å²) in [5, 5.41) is 27.5. The summed E-state index contributed by atoms with van der Waals surface area (Å²) in [6, 6.07) is 37.8. The number of benzene rings is 6. The molecule has 88 heavy (non-hydrogen) atoms. The van der Waals surface area contributed by atoms with Crippen LogP contribution in [0.4, 0.5) is 0 Å². The quantitative estimate of drug-likeness (QED) is 0.0755. The number of thiazole rings is 1. The highest BCUT2D eigenvalue weighted by atomic mass is 32.1. The maximum atomic E-state index is 12.9. The highest BCUT2D eigenvalue weighted by Crippen LogP contribution is 2.41. The largest absolute Gasteiger partial charge is 0.481 e. The van der Waals surface area contributed by atoms with Crippen molar-refractivity contribution in [2.45, 2.75) is 183 Å². The van der Waals surface area contributed by atoms with E-state index in [1.54, 1.807) is 17.4 Å². The molecule has 0 spiro atoms. The van der Waals surface area contributed by atoms with E-state index in [4.69, 9.17) is 14.6 Å². The Hall–Kier alpha value is -7.38. The van der Waals surface area contributed by atoms with Gasteiger partial charge in [-0.05, 0) is 212 Å². The molecule has 2 N–H and O–H groups in total. The highest BCUT2D eigenvalue weighted by molar-refractivity contribution is 7.19. The summed E-state index contributed by atoms with van der Waals surface area (Å²) in [5.74, 6) is 0.0818. The number of aryl methyl sites for hydroxylation is 11. The molecular formula is C76H82N2O7S3. The number of nitrogens with zero attached hydrogens (tertiary/aromatic N) is 2. The van der Waals surface area contributed by atoms with Crippen LogP contribution in [-0.4, -0.2) is 43.9 Å². The Balaban J connectivity index is 0.000000146. The number of fused-ring (bicyclic) bond motifs is 5. The minimum Gasteiger partial charge on any atom is -0.481 e. The van der Waals surface area contributed by atoms with E-state index in [1.165, 1.54) is 75.3 Å². The van der Waals surface area contributed by atoms with Crippen LogP contribution in [0.5, 0.6) is 0 Å². The Morgan fingerprint density at radius 2 is 1.11 bits per heavy atom. The fraction of sp³-hybridized carbons (Fsp3) is 0.368. The molecule has 4 heterocycles. The van der Waals surface area contributed by atoms with Gasteiger partial charge in [-0.2, -0.15) is 0 Å². The zero-order valence-corrected chi connectivity index (χ0v) is 55.3. The monoisotopic (exact) mass is 1230 g/mol. The predicted octanol–water partition coefficient (Wildman–Crippen LogP) is 20.0. The Morgan fingerprint density at radius 3 is 1.69 bits per heavy atom. The number of aromatic nitrogens is 2. The number of Topliss-reactive ketones (excluding diaryl/α,β-unsaturated/α-hetero) is 2. The Morgan fingerprint density at radius 1 is 0.557 bits per heavy atom. The molecule has 6 aromatic carbocycles. The van der Waals surface area contributed by atoms with Crippen molar-refractivity contribution < 1.29 is 33.9 Å². The molecule has 0 saturated carbocycles. The zero-order chi connectivity index (χ0) is 62.7. The molecule has 9 nitrogen and oxygen atoms in total. The molecule has 0 aliphatic heterocycles. The number of hydrogen-bond acceptors (Lipinski definition) is 10. The lowest BCUT2D eigenvalue weighted by Crippen LogP contribution is -2.09. The first-order valence-electron chi connectivity index (χ1n) is 31.3. The van der Waals surface area contributed by atoms with Crippen molar-refractivity contribution in [2.75, 3.05) is 0 Å². The number of carboxylic acids is 2. The van der Waals surface area contributed by atoms with Gasteiger partial charge in [0, 0.05) is 65.4 Å². The second kappa shape index (κ2) is 27.6. The van der Waals surface area contributed by atoms with Crippen LogP contribution >= 0.6 is 34.0 Å². The van der Waals surface area contributed by atoms with Gasteiger partial charge in [0.25, 0.3) is 0 Å². The molecule has 4 aromatic heterocycles. The molecule has 12 heteroatoms. The summed E-state index contributed by atoms with van der Waals surface area (Å²) in [7, 11) is 0. The molecular weight excluding hydrogens is 1150 g/mol. The number of aliphatic carboxylic acids is 2. The average molecular weight is 1230 g/mol. The standard InChI is InChI=1S/C26H27NO3S.C25H27NO3S.C25H28OS/c1-15(2)24-23(31-25(27-24)18-6-4-16(3)5-7-18)13-12-22(28)19-9-8-17-10-11-20(26(29)30)21(17)14-19;1-14(2)25-18-7-5-15(3)11-23(18)30-22(25)9-8-20-19-12-16(4)17(6-10-24(27)28)13-21(19)29-26-20;1-15(2)25-20-10-5-16(3)13-24(20)27-23(25)12-11-22(26)19-9-8-18-7-6-17(4)21(18)14-19/h4-9,14-15,20H,10-13H2,1-3H3,(H,29,30);5,7,11-14H,6,8-10H2,1-4H3,(H,27,28);5,8-10,13-15,17H,6-7,11-12H2,1-4H3. The minimum atomic E-state index is -0.807. The Labute approximate surface area is 530 Å². The summed E-state index contributed by atoms with van der Waals surface area (Å²) in [6.07, 6.45) is 8.62. The van der Waals surface area contributed by atoms with Crippen LogP contribution in [0.25, 0.3) is 41.7 Å². The zero-order valence-electron chi connectivity index (χ0n) is 52.8. The van der Waals surface area contributed by atoms with Crippen molar-refractivity contribution in [2.24, 2.45) is 0 Å². The van der Waals surface area contributed by atoms with Gasteiger partial charge in [0.15, 0.2) is 17.1 Å². The van der Waals surface area contributed by atoms with E-state index in [0.717, 1.165) is 97.7 Å². The highest BCUT2D eigenvalue weighted by Gasteiger charge is 2.30. The summed E-state index contributed by atoms with van der Waals surface area (Å²) >= 11 is 5.43. The van der Waals surface area contributed by atoms with Gasteiger partial charge >= 0.3 is 11.9 Å². The lowest BCUT2D eigenvalue weighted by molar-refractivity contribution is -0.139. The maximum Gasteiger partial charge on any atom is 0.310 e. The average Bonchev–Trinajstić information content (AvgIpc) is 2.60. The second-order valence-corrected chi connectivity index (χ2v) is 28.7. The van der Waals surface area contributed by atoms with E-state index in [9.17, 15) is 24.3 Å². The normalized spacial score (nSPS) is 14.4. The van der Waals surface area contributed by atoms with E-state index in [2.05, 4.69) is 153 Å². The van der Waals surface area contributed by atoms with Crippen LogP contribution in [0, 0.1) is 27.7 Å². The first kappa shape index (κ1) is 63.6. The maximum absolute atomic E-state index is 12.9. The van der Waals surface area contributed by atoms with Gasteiger partial charge in [0.1, 0.15) is 5.01 Å². The first-order chi connectivity index (χ1) is 42.1. The summed E-state index contributed by atoms with van der Waals surface area (Å²) in [6.45, 7) is 24.0. The van der Waals surface area contributed by atoms with E-state index in [0.29, 0.717) is 55.4 Å². The van der Waals surface area contributed by atoms with E-state index >= 15 is 0 Å². The van der Waals surface area contributed by atoms with E-state index in [-0.39, 0.29) is 23.9 Å². The van der Waals surface area contributed by atoms with Crippen LogP contribution in [0.1, 0.15) is 218 Å². The van der Waals surface area contributed by atoms with Crippen molar-refractivity contribution in [3.05, 3.63) is 208 Å². The molecule has 10 aromatic rings. The summed E-state index contributed by atoms with van der Waals surface area (Å²) in [4.78, 5) is 57.1. The van der Waals surface area contributed by atoms with Gasteiger partial charge in [0.05, 0.1) is 17.3 Å². The number of hydrogen-bond donors (Lipinski definition) is 2. The third-order valence-corrected chi connectivity index (χ3v) is 21.3. The number of carbonyl (C=O) groups is 4. The Bertz CT molecular complexity index is 4230. The van der Waals surface area contributed by atoms with Crippen molar-refractivity contribution in [3.63, 3.8) is 0 Å². The molecule has 0 amide bonds. The molecule has 2 aliphatic carbocycles. The Kier molecular flexibility index (Phi) is 19.9. The van der Waals surface area contributed by atoms with Crippen LogP contribution in [0.15, 0.2) is 114 Å². The smallest absolute Gasteiger partial charge is 0.310 e. The molecule has 2 atom stereocenters. The molecule has 0 saturated heterocycles. The van der Waals surface area contributed by atoms with Gasteiger partial charge in [-0.1, -0.05) is 132 Å². The van der Waals surface area contributed by atoms with Crippen LogP contribution in [-0.2, 0) is 54.5 Å². The lowest BCUT2D eigenvalue weighted by Gasteiger charge is -2.10. The van der Waals surface area contributed by atoms with Crippen molar-refractivity contribution in [3.8, 4) is 10.6 Å². The molecule has 12 rings (SSSR count). The van der Waals surface area contributed by atoms with E-state index in [1.807, 2.05) is 53.9 Å². The SMILES string of the molecule is Cc1ccc(-c2nc(C(C)C)c(CCC(=O)c3ccc4c(c3)C(C(=O)O)CC4)s2)cc1.Cc1ccc2c(C(C)C)c(CCC(=O)c3ccc4c(c3)C(C)CC4)sc2c1.Cc1ccc2c(C(C)C)c(CCc3noc4cc(CCC(=O)O)c(C)cc34)sc2c1. The van der Waals surface area contributed by atoms with E-state index < -0.39 is 17.9 Å². The van der Waals surface area contributed by atoms with Crippen LogP contribution in [0.2, 0.25) is 0 Å². The third kappa shape index (κ3) is 14.4. The van der Waals surface area contributed by atoms with Gasteiger partial charge in [-0.3, -0.25) is 19.2 Å². The van der Waals surface area contributed by atoms with Crippen molar-refractivity contribution in [1.82, 2.24) is 10.1 Å². The van der Waals surface area contributed by atoms with Crippen molar-refractivity contribution in [1.29, 1.82) is 0 Å². The molecule has 2 unspecified atom stereocenters. The molecule has 456 valence electrons. The lowest BCUT2D eigenvalue weighted by atomic mass is 9.95.